The van der Waals surface area contributed by atoms with Crippen LogP contribution in [0.15, 0.2) is 12.1 Å². The highest BCUT2D eigenvalue weighted by atomic mass is 35.5. The van der Waals surface area contributed by atoms with Crippen LogP contribution in [0.4, 0.5) is 8.78 Å². The van der Waals surface area contributed by atoms with Crippen LogP contribution in [0.5, 0.6) is 0 Å². The number of amides is 1. The van der Waals surface area contributed by atoms with E-state index in [9.17, 15) is 13.6 Å². The standard InChI is InChI=1S/C16H17ClF2N2O/c17-10-6-11(18)9(5-12(10)19)15(7-1-2-7)21-16(22)14-4-8-3-13(8)20-14/h5-8,13-15,20H,1-4H2,(H,21,22)/t8-,13-,14-,15-/m1/s1. The smallest absolute Gasteiger partial charge is 0.237 e. The third kappa shape index (κ3) is 2.61. The fraction of sp³-hybridized carbons (Fsp3) is 0.562. The first kappa shape index (κ1) is 14.4. The maximum Gasteiger partial charge on any atom is 0.237 e. The molecule has 1 saturated heterocycles. The second-order valence-corrected chi connectivity index (χ2v) is 7.08. The molecule has 3 nitrogen and oxygen atoms in total. The van der Waals surface area contributed by atoms with Gasteiger partial charge >= 0.3 is 0 Å². The molecule has 2 N–H and O–H groups in total. The number of rotatable bonds is 4. The van der Waals surface area contributed by atoms with Crippen molar-refractivity contribution < 1.29 is 13.6 Å². The molecule has 0 spiro atoms. The highest BCUT2D eigenvalue weighted by Gasteiger charge is 2.48. The zero-order valence-electron chi connectivity index (χ0n) is 11.9. The number of carbonyl (C=O) groups is 1. The van der Waals surface area contributed by atoms with Crippen molar-refractivity contribution in [2.45, 2.75) is 43.8 Å². The Kier molecular flexibility index (Phi) is 3.38. The van der Waals surface area contributed by atoms with Crippen LogP contribution in [0.2, 0.25) is 5.02 Å². The van der Waals surface area contributed by atoms with Crippen molar-refractivity contribution in [1.29, 1.82) is 0 Å². The maximum atomic E-state index is 14.1. The predicted octanol–water partition coefficient (Wildman–Crippen LogP) is 2.94. The van der Waals surface area contributed by atoms with Crippen LogP contribution in [0.25, 0.3) is 0 Å². The van der Waals surface area contributed by atoms with Gasteiger partial charge in [0.05, 0.1) is 17.1 Å². The first-order valence-electron chi connectivity index (χ1n) is 7.74. The normalized spacial score (nSPS) is 30.8. The van der Waals surface area contributed by atoms with Gasteiger partial charge in [0, 0.05) is 11.6 Å². The fourth-order valence-corrected chi connectivity index (χ4v) is 3.58. The Morgan fingerprint density at radius 3 is 2.68 bits per heavy atom. The van der Waals surface area contributed by atoms with Crippen LogP contribution < -0.4 is 10.6 Å². The second-order valence-electron chi connectivity index (χ2n) is 6.67. The summed E-state index contributed by atoms with van der Waals surface area (Å²) in [5.74, 6) is -0.544. The number of fused-ring (bicyclic) bond motifs is 1. The molecule has 0 aromatic heterocycles. The van der Waals surface area contributed by atoms with Crippen LogP contribution in [0, 0.1) is 23.5 Å². The first-order valence-corrected chi connectivity index (χ1v) is 8.11. The lowest BCUT2D eigenvalue weighted by molar-refractivity contribution is -0.124. The highest BCUT2D eigenvalue weighted by molar-refractivity contribution is 6.30. The van der Waals surface area contributed by atoms with Crippen LogP contribution in [0.3, 0.4) is 0 Å². The molecule has 2 saturated carbocycles. The lowest BCUT2D eigenvalue weighted by atomic mass is 10.0. The van der Waals surface area contributed by atoms with Gasteiger partial charge in [0.25, 0.3) is 0 Å². The molecule has 2 aliphatic carbocycles. The van der Waals surface area contributed by atoms with Crippen LogP contribution in [-0.4, -0.2) is 18.0 Å². The summed E-state index contributed by atoms with van der Waals surface area (Å²) in [7, 11) is 0. The Morgan fingerprint density at radius 1 is 1.27 bits per heavy atom. The number of halogens is 3. The summed E-state index contributed by atoms with van der Waals surface area (Å²) in [6.45, 7) is 0. The zero-order valence-corrected chi connectivity index (χ0v) is 12.7. The molecule has 1 aromatic rings. The lowest BCUT2D eigenvalue weighted by Gasteiger charge is -2.22. The van der Waals surface area contributed by atoms with Crippen molar-refractivity contribution in [3.8, 4) is 0 Å². The van der Waals surface area contributed by atoms with Gasteiger partial charge in [-0.3, -0.25) is 4.79 Å². The maximum absolute atomic E-state index is 14.1. The molecule has 118 valence electrons. The molecule has 6 heteroatoms. The summed E-state index contributed by atoms with van der Waals surface area (Å²) in [6, 6.07) is 1.89. The van der Waals surface area contributed by atoms with Crippen molar-refractivity contribution in [3.05, 3.63) is 34.4 Å². The van der Waals surface area contributed by atoms with E-state index in [4.69, 9.17) is 11.6 Å². The minimum Gasteiger partial charge on any atom is -0.348 e. The van der Waals surface area contributed by atoms with Crippen molar-refractivity contribution in [1.82, 2.24) is 10.6 Å². The van der Waals surface area contributed by atoms with Gasteiger partial charge in [-0.25, -0.2) is 8.78 Å². The Hall–Kier alpha value is -1.20. The largest absolute Gasteiger partial charge is 0.348 e. The lowest BCUT2D eigenvalue weighted by Crippen LogP contribution is -2.44. The third-order valence-corrected chi connectivity index (χ3v) is 5.25. The Bertz CT molecular complexity index is 625. The molecule has 1 aliphatic heterocycles. The minimum atomic E-state index is -0.654. The summed E-state index contributed by atoms with van der Waals surface area (Å²) < 4.78 is 27.8. The van der Waals surface area contributed by atoms with Crippen LogP contribution in [-0.2, 0) is 4.79 Å². The summed E-state index contributed by atoms with van der Waals surface area (Å²) >= 11 is 5.60. The SMILES string of the molecule is O=C(N[C@@H](c1cc(F)c(Cl)cc1F)C1CC1)[C@H]1C[C@H]2C[C@H]2N1. The Morgan fingerprint density at radius 2 is 2.05 bits per heavy atom. The summed E-state index contributed by atoms with van der Waals surface area (Å²) in [6.07, 6.45) is 3.81. The van der Waals surface area contributed by atoms with Crippen molar-refractivity contribution in [3.63, 3.8) is 0 Å². The molecular formula is C16H17ClF2N2O. The fourth-order valence-electron chi connectivity index (χ4n) is 3.43. The predicted molar refractivity (Wildman–Crippen MR) is 78.4 cm³/mol. The summed E-state index contributed by atoms with van der Waals surface area (Å²) in [5, 5.41) is 5.96. The molecular weight excluding hydrogens is 310 g/mol. The zero-order chi connectivity index (χ0) is 15.4. The van der Waals surface area contributed by atoms with Crippen molar-refractivity contribution in [2.24, 2.45) is 11.8 Å². The van der Waals surface area contributed by atoms with Gasteiger partial charge in [-0.1, -0.05) is 11.6 Å². The molecule has 4 rings (SSSR count). The van der Waals surface area contributed by atoms with E-state index in [0.29, 0.717) is 12.0 Å². The van der Waals surface area contributed by atoms with Gasteiger partial charge in [0.15, 0.2) is 0 Å². The van der Waals surface area contributed by atoms with Crippen molar-refractivity contribution >= 4 is 17.5 Å². The van der Waals surface area contributed by atoms with Gasteiger partial charge in [-0.15, -0.1) is 0 Å². The summed E-state index contributed by atoms with van der Waals surface area (Å²) in [4.78, 5) is 12.4. The van der Waals surface area contributed by atoms with Gasteiger partial charge < -0.3 is 10.6 Å². The quantitative estimate of drug-likeness (QED) is 0.835. The highest BCUT2D eigenvalue weighted by Crippen LogP contribution is 2.44. The molecule has 0 bridgehead atoms. The molecule has 1 heterocycles. The van der Waals surface area contributed by atoms with E-state index in [2.05, 4.69) is 10.6 Å². The topological polar surface area (TPSA) is 41.1 Å². The molecule has 22 heavy (non-hydrogen) atoms. The first-order chi connectivity index (χ1) is 10.5. The van der Waals surface area contributed by atoms with E-state index >= 15 is 0 Å². The van der Waals surface area contributed by atoms with Gasteiger partial charge in [-0.2, -0.15) is 0 Å². The van der Waals surface area contributed by atoms with E-state index in [0.717, 1.165) is 37.8 Å². The second kappa shape index (κ2) is 5.17. The molecule has 3 aliphatic rings. The number of nitrogens with one attached hydrogen (secondary N) is 2. The van der Waals surface area contributed by atoms with Crippen LogP contribution >= 0.6 is 11.6 Å². The molecule has 3 fully saturated rings. The molecule has 1 amide bonds. The summed E-state index contributed by atoms with van der Waals surface area (Å²) in [5.41, 5.74) is 0.195. The molecule has 4 atom stereocenters. The minimum absolute atomic E-state index is 0.112. The average molecular weight is 327 g/mol. The third-order valence-electron chi connectivity index (χ3n) is 4.96. The van der Waals surface area contributed by atoms with E-state index in [1.165, 1.54) is 0 Å². The molecule has 0 radical (unpaired) electrons. The number of carbonyl (C=O) groups excluding carboxylic acids is 1. The molecule has 0 unspecified atom stereocenters. The number of benzene rings is 1. The number of hydrogen-bond acceptors (Lipinski definition) is 2. The van der Waals surface area contributed by atoms with E-state index in [1.54, 1.807) is 0 Å². The Balaban J connectivity index is 1.53. The molecule has 1 aromatic carbocycles. The average Bonchev–Trinajstić information content (AvgIpc) is 3.40. The van der Waals surface area contributed by atoms with Gasteiger partial charge in [-0.05, 0) is 49.7 Å². The number of piperidine rings is 1. The van der Waals surface area contributed by atoms with Crippen molar-refractivity contribution in [2.75, 3.05) is 0 Å². The Labute approximate surface area is 132 Å². The van der Waals surface area contributed by atoms with Gasteiger partial charge in [0.2, 0.25) is 5.91 Å². The van der Waals surface area contributed by atoms with E-state index < -0.39 is 17.7 Å². The number of hydrogen-bond donors (Lipinski definition) is 2. The van der Waals surface area contributed by atoms with E-state index in [-0.39, 0.29) is 28.5 Å². The monoisotopic (exact) mass is 326 g/mol. The van der Waals surface area contributed by atoms with E-state index in [1.807, 2.05) is 0 Å². The van der Waals surface area contributed by atoms with Crippen LogP contribution in [0.1, 0.15) is 37.3 Å². The van der Waals surface area contributed by atoms with Gasteiger partial charge in [0.1, 0.15) is 11.6 Å².